The topological polar surface area (TPSA) is 91.4 Å². The summed E-state index contributed by atoms with van der Waals surface area (Å²) in [7, 11) is 0. The first-order chi connectivity index (χ1) is 11.0. The van der Waals surface area contributed by atoms with Gasteiger partial charge in [-0.3, -0.25) is 9.59 Å². The van der Waals surface area contributed by atoms with Crippen LogP contribution < -0.4 is 10.9 Å². The third-order valence-electron chi connectivity index (χ3n) is 3.75. The molecule has 0 saturated carbocycles. The van der Waals surface area contributed by atoms with Crippen LogP contribution in [0.2, 0.25) is 0 Å². The number of pyridine rings is 1. The van der Waals surface area contributed by atoms with E-state index in [1.165, 1.54) is 0 Å². The maximum atomic E-state index is 12.3. The normalized spacial score (nSPS) is 17.6. The molecule has 2 aromatic rings. The molecule has 0 unspecified atom stereocenters. The molecule has 3 rings (SSSR count). The maximum absolute atomic E-state index is 12.3. The second-order valence-corrected chi connectivity index (χ2v) is 7.10. The molecule has 1 aliphatic rings. The van der Waals surface area contributed by atoms with Gasteiger partial charge >= 0.3 is 0 Å². The molecule has 1 atom stereocenters. The van der Waals surface area contributed by atoms with Gasteiger partial charge in [-0.25, -0.2) is 0 Å². The van der Waals surface area contributed by atoms with Crippen LogP contribution in [-0.4, -0.2) is 35.3 Å². The average Bonchev–Trinajstić information content (AvgIpc) is 3.00. The Bertz CT molecular complexity index is 828. The predicted molar refractivity (Wildman–Crippen MR) is 92.9 cm³/mol. The highest BCUT2D eigenvalue weighted by Gasteiger charge is 2.22. The molecular formula is C15H14Br2N2O4. The van der Waals surface area contributed by atoms with Crippen LogP contribution in [0.4, 0.5) is 0 Å². The largest absolute Gasteiger partial charge is 0.506 e. The van der Waals surface area contributed by atoms with E-state index in [4.69, 9.17) is 4.74 Å². The number of aromatic hydroxyl groups is 1. The van der Waals surface area contributed by atoms with Gasteiger partial charge in [0.1, 0.15) is 11.3 Å². The molecule has 1 fully saturated rings. The summed E-state index contributed by atoms with van der Waals surface area (Å²) in [6.45, 7) is 1.00. The van der Waals surface area contributed by atoms with Crippen LogP contribution in [0.15, 0.2) is 25.9 Å². The van der Waals surface area contributed by atoms with Gasteiger partial charge in [-0.05, 0) is 40.9 Å². The van der Waals surface area contributed by atoms with Crippen molar-refractivity contribution in [3.05, 3.63) is 37.0 Å². The third kappa shape index (κ3) is 3.29. The first kappa shape index (κ1) is 16.5. The van der Waals surface area contributed by atoms with Crippen molar-refractivity contribution in [1.82, 2.24) is 10.3 Å². The molecule has 1 amide bonds. The van der Waals surface area contributed by atoms with Gasteiger partial charge in [0.25, 0.3) is 11.5 Å². The molecule has 3 N–H and O–H groups in total. The molecule has 1 saturated heterocycles. The number of ether oxygens (including phenoxy) is 1. The van der Waals surface area contributed by atoms with E-state index in [1.54, 1.807) is 12.1 Å². The van der Waals surface area contributed by atoms with Crippen LogP contribution in [0.1, 0.15) is 23.2 Å². The van der Waals surface area contributed by atoms with E-state index >= 15 is 0 Å². The standard InChI is InChI=1S/C15H14Br2N2O4/c16-7-4-9-12(10(17)5-7)19-15(22)11(13(9)20)14(21)18-6-8-2-1-3-23-8/h4-5,8H,1-3,6H2,(H,18,21)(H2,19,20,22)/t8-/m0/s1. The van der Waals surface area contributed by atoms with Gasteiger partial charge in [0.05, 0.1) is 11.6 Å². The van der Waals surface area contributed by atoms with Crippen molar-refractivity contribution < 1.29 is 14.6 Å². The van der Waals surface area contributed by atoms with E-state index < -0.39 is 11.5 Å². The van der Waals surface area contributed by atoms with E-state index in [2.05, 4.69) is 42.2 Å². The second-order valence-electron chi connectivity index (χ2n) is 5.33. The Labute approximate surface area is 148 Å². The number of amides is 1. The first-order valence-electron chi connectivity index (χ1n) is 7.11. The van der Waals surface area contributed by atoms with E-state index in [0.717, 1.165) is 12.8 Å². The lowest BCUT2D eigenvalue weighted by Gasteiger charge is -2.12. The summed E-state index contributed by atoms with van der Waals surface area (Å²) in [4.78, 5) is 27.1. The van der Waals surface area contributed by atoms with Crippen LogP contribution in [0.25, 0.3) is 10.9 Å². The van der Waals surface area contributed by atoms with Gasteiger partial charge in [0.15, 0.2) is 0 Å². The smallest absolute Gasteiger partial charge is 0.265 e. The molecule has 2 heterocycles. The Balaban J connectivity index is 1.96. The maximum Gasteiger partial charge on any atom is 0.265 e. The number of carbonyl (C=O) groups is 1. The Kier molecular flexibility index (Phi) is 4.74. The Morgan fingerprint density at radius 3 is 2.91 bits per heavy atom. The fourth-order valence-corrected chi connectivity index (χ4v) is 3.94. The molecule has 122 valence electrons. The Morgan fingerprint density at radius 2 is 2.22 bits per heavy atom. The summed E-state index contributed by atoms with van der Waals surface area (Å²) in [6, 6.07) is 3.39. The van der Waals surface area contributed by atoms with Crippen molar-refractivity contribution in [2.75, 3.05) is 13.2 Å². The van der Waals surface area contributed by atoms with Crippen molar-refractivity contribution >= 4 is 48.7 Å². The van der Waals surface area contributed by atoms with Crippen molar-refractivity contribution in [2.45, 2.75) is 18.9 Å². The SMILES string of the molecule is O=C(NC[C@@H]1CCCO1)c1c(O)c2cc(Br)cc(Br)c2[nH]c1=O. The summed E-state index contributed by atoms with van der Waals surface area (Å²) in [5.41, 5.74) is -0.491. The highest BCUT2D eigenvalue weighted by Crippen LogP contribution is 2.32. The van der Waals surface area contributed by atoms with Crippen molar-refractivity contribution in [2.24, 2.45) is 0 Å². The fourth-order valence-electron chi connectivity index (χ4n) is 2.62. The lowest BCUT2D eigenvalue weighted by molar-refractivity contribution is 0.0854. The minimum atomic E-state index is -0.636. The molecule has 1 aliphatic heterocycles. The molecule has 1 aromatic carbocycles. The monoisotopic (exact) mass is 444 g/mol. The number of aromatic nitrogens is 1. The number of hydrogen-bond acceptors (Lipinski definition) is 4. The van der Waals surface area contributed by atoms with Gasteiger partial charge in [0.2, 0.25) is 0 Å². The number of H-pyrrole nitrogens is 1. The number of nitrogens with one attached hydrogen (secondary N) is 2. The molecular weight excluding hydrogens is 432 g/mol. The van der Waals surface area contributed by atoms with Crippen molar-refractivity contribution in [3.63, 3.8) is 0 Å². The zero-order valence-corrected chi connectivity index (χ0v) is 15.2. The highest BCUT2D eigenvalue weighted by molar-refractivity contribution is 9.11. The summed E-state index contributed by atoms with van der Waals surface area (Å²) in [5.74, 6) is -0.951. The lowest BCUT2D eigenvalue weighted by atomic mass is 10.1. The molecule has 6 nitrogen and oxygen atoms in total. The molecule has 0 aliphatic carbocycles. The van der Waals surface area contributed by atoms with Crippen LogP contribution in [-0.2, 0) is 4.74 Å². The van der Waals surface area contributed by atoms with Crippen LogP contribution in [0.5, 0.6) is 5.75 Å². The number of fused-ring (bicyclic) bond motifs is 1. The van der Waals surface area contributed by atoms with Crippen molar-refractivity contribution in [3.8, 4) is 5.75 Å². The van der Waals surface area contributed by atoms with Crippen LogP contribution >= 0.6 is 31.9 Å². The minimum Gasteiger partial charge on any atom is -0.506 e. The van der Waals surface area contributed by atoms with Gasteiger partial charge < -0.3 is 20.1 Å². The molecule has 0 spiro atoms. The van der Waals surface area contributed by atoms with E-state index in [-0.39, 0.29) is 17.4 Å². The molecule has 1 aromatic heterocycles. The summed E-state index contributed by atoms with van der Waals surface area (Å²) in [6.07, 6.45) is 1.80. The lowest BCUT2D eigenvalue weighted by Crippen LogP contribution is -2.35. The number of aromatic amines is 1. The number of rotatable bonds is 3. The van der Waals surface area contributed by atoms with Crippen LogP contribution in [0, 0.1) is 0 Å². The molecule has 0 radical (unpaired) electrons. The quantitative estimate of drug-likeness (QED) is 0.677. The first-order valence-corrected chi connectivity index (χ1v) is 8.69. The summed E-state index contributed by atoms with van der Waals surface area (Å²) in [5, 5.41) is 13.4. The van der Waals surface area contributed by atoms with E-state index in [0.29, 0.717) is 33.0 Å². The Morgan fingerprint density at radius 1 is 1.43 bits per heavy atom. The molecule has 0 bridgehead atoms. The van der Waals surface area contributed by atoms with Crippen LogP contribution in [0.3, 0.4) is 0 Å². The summed E-state index contributed by atoms with van der Waals surface area (Å²) < 4.78 is 6.75. The van der Waals surface area contributed by atoms with Gasteiger partial charge in [-0.1, -0.05) is 15.9 Å². The zero-order valence-electron chi connectivity index (χ0n) is 12.0. The molecule has 23 heavy (non-hydrogen) atoms. The van der Waals surface area contributed by atoms with Gasteiger partial charge in [0, 0.05) is 27.5 Å². The van der Waals surface area contributed by atoms with Crippen molar-refractivity contribution in [1.29, 1.82) is 0 Å². The van der Waals surface area contributed by atoms with E-state index in [1.807, 2.05) is 0 Å². The fraction of sp³-hybridized carbons (Fsp3) is 0.333. The average molecular weight is 446 g/mol. The zero-order chi connectivity index (χ0) is 16.6. The van der Waals surface area contributed by atoms with Gasteiger partial charge in [-0.2, -0.15) is 0 Å². The number of benzene rings is 1. The second kappa shape index (κ2) is 6.62. The minimum absolute atomic E-state index is 0.0380. The summed E-state index contributed by atoms with van der Waals surface area (Å²) >= 11 is 6.65. The van der Waals surface area contributed by atoms with Gasteiger partial charge in [-0.15, -0.1) is 0 Å². The Hall–Kier alpha value is -1.38. The predicted octanol–water partition coefficient (Wildman–Crippen LogP) is 2.67. The number of halogens is 2. The van der Waals surface area contributed by atoms with E-state index in [9.17, 15) is 14.7 Å². The highest BCUT2D eigenvalue weighted by atomic mass is 79.9. The number of carbonyl (C=O) groups excluding carboxylic acids is 1. The molecule has 8 heteroatoms. The third-order valence-corrected chi connectivity index (χ3v) is 4.84. The number of hydrogen-bond donors (Lipinski definition) is 3.